The van der Waals surface area contributed by atoms with Crippen LogP contribution in [0.5, 0.6) is 0 Å². The number of benzene rings is 1. The van der Waals surface area contributed by atoms with E-state index < -0.39 is 30.3 Å². The number of carboxylic acid groups (broad SMARTS) is 2. The predicted molar refractivity (Wildman–Crippen MR) is 72.0 cm³/mol. The fourth-order valence-corrected chi connectivity index (χ4v) is 1.48. The lowest BCUT2D eigenvalue weighted by atomic mass is 10.1. The van der Waals surface area contributed by atoms with E-state index in [0.29, 0.717) is 11.1 Å². The molecule has 1 aromatic rings. The molecule has 0 bridgehead atoms. The number of nitriles is 1. The first kappa shape index (κ1) is 15.9. The lowest BCUT2D eigenvalue weighted by Gasteiger charge is -2.10. The van der Waals surface area contributed by atoms with Gasteiger partial charge >= 0.3 is 11.9 Å². The molecule has 7 heteroatoms. The molecule has 0 saturated heterocycles. The van der Waals surface area contributed by atoms with Crippen molar-refractivity contribution in [1.29, 1.82) is 5.26 Å². The quantitative estimate of drug-likeness (QED) is 0.658. The number of nitrogens with zero attached hydrogens (tertiary/aromatic N) is 1. The van der Waals surface area contributed by atoms with Crippen LogP contribution in [0, 0.1) is 11.3 Å². The maximum atomic E-state index is 11.5. The summed E-state index contributed by atoms with van der Waals surface area (Å²) in [5.41, 5.74) is 1.01. The molecule has 1 aromatic carbocycles. The zero-order valence-electron chi connectivity index (χ0n) is 10.8. The van der Waals surface area contributed by atoms with Gasteiger partial charge in [0, 0.05) is 6.08 Å². The van der Waals surface area contributed by atoms with E-state index in [-0.39, 0.29) is 0 Å². The Kier molecular flexibility index (Phi) is 5.65. The minimum Gasteiger partial charge on any atom is -0.481 e. The second-order valence-corrected chi connectivity index (χ2v) is 4.07. The Morgan fingerprint density at radius 1 is 1.33 bits per heavy atom. The molecule has 0 saturated carbocycles. The summed E-state index contributed by atoms with van der Waals surface area (Å²) in [7, 11) is 0. The van der Waals surface area contributed by atoms with Crippen LogP contribution in [-0.4, -0.2) is 34.1 Å². The molecule has 0 fully saturated rings. The van der Waals surface area contributed by atoms with Gasteiger partial charge in [0.05, 0.1) is 18.1 Å². The van der Waals surface area contributed by atoms with Gasteiger partial charge in [0.1, 0.15) is 6.04 Å². The summed E-state index contributed by atoms with van der Waals surface area (Å²) < 4.78 is 0. The molecule has 0 spiro atoms. The van der Waals surface area contributed by atoms with Gasteiger partial charge in [-0.25, -0.2) is 4.79 Å². The fourth-order valence-electron chi connectivity index (χ4n) is 1.48. The minimum atomic E-state index is -1.50. The lowest BCUT2D eigenvalue weighted by Crippen LogP contribution is -2.41. The topological polar surface area (TPSA) is 127 Å². The molecule has 1 rings (SSSR count). The van der Waals surface area contributed by atoms with Crippen LogP contribution in [0.1, 0.15) is 17.5 Å². The average Bonchev–Trinajstić information content (AvgIpc) is 2.44. The lowest BCUT2D eigenvalue weighted by molar-refractivity contribution is -0.146. The number of nitrogens with one attached hydrogen (secondary N) is 1. The normalized spacial score (nSPS) is 11.6. The van der Waals surface area contributed by atoms with Crippen molar-refractivity contribution in [3.63, 3.8) is 0 Å². The van der Waals surface area contributed by atoms with Gasteiger partial charge in [-0.15, -0.1) is 0 Å². The third-order valence-electron chi connectivity index (χ3n) is 2.44. The molecule has 3 N–H and O–H groups in total. The van der Waals surface area contributed by atoms with Crippen LogP contribution in [0.3, 0.4) is 0 Å². The summed E-state index contributed by atoms with van der Waals surface area (Å²) in [5.74, 6) is -3.48. The van der Waals surface area contributed by atoms with E-state index in [1.807, 2.05) is 6.07 Å². The first-order valence-corrected chi connectivity index (χ1v) is 5.85. The summed E-state index contributed by atoms with van der Waals surface area (Å²) >= 11 is 0. The highest BCUT2D eigenvalue weighted by molar-refractivity contribution is 5.95. The second kappa shape index (κ2) is 7.45. The van der Waals surface area contributed by atoms with E-state index in [1.54, 1.807) is 24.3 Å². The summed E-state index contributed by atoms with van der Waals surface area (Å²) in [6.07, 6.45) is 1.77. The predicted octanol–water partition coefficient (Wildman–Crippen LogP) is 0.616. The van der Waals surface area contributed by atoms with Gasteiger partial charge in [-0.2, -0.15) is 5.26 Å². The molecular weight excluding hydrogens is 276 g/mol. The smallest absolute Gasteiger partial charge is 0.326 e. The molecule has 0 radical (unpaired) electrons. The van der Waals surface area contributed by atoms with E-state index in [4.69, 9.17) is 15.5 Å². The highest BCUT2D eigenvalue weighted by Gasteiger charge is 2.21. The van der Waals surface area contributed by atoms with Gasteiger partial charge in [0.25, 0.3) is 0 Å². The SMILES string of the molecule is N#Cc1cccc(/C=C/C(=O)N[C@@H](CC(=O)O)C(=O)O)c1. The van der Waals surface area contributed by atoms with Crippen LogP contribution in [0.4, 0.5) is 0 Å². The van der Waals surface area contributed by atoms with Crippen LogP contribution in [0.2, 0.25) is 0 Å². The molecule has 7 nitrogen and oxygen atoms in total. The van der Waals surface area contributed by atoms with Crippen molar-refractivity contribution in [2.24, 2.45) is 0 Å². The summed E-state index contributed by atoms with van der Waals surface area (Å²) in [6.45, 7) is 0. The molecule has 0 heterocycles. The Morgan fingerprint density at radius 3 is 2.62 bits per heavy atom. The summed E-state index contributed by atoms with van der Waals surface area (Å²) in [4.78, 5) is 32.8. The Bertz CT molecular complexity index is 630. The van der Waals surface area contributed by atoms with Crippen LogP contribution < -0.4 is 5.32 Å². The molecule has 108 valence electrons. The van der Waals surface area contributed by atoms with Crippen LogP contribution >= 0.6 is 0 Å². The zero-order valence-corrected chi connectivity index (χ0v) is 10.8. The standard InChI is InChI=1S/C14H12N2O5/c15-8-10-3-1-2-9(6-10)4-5-12(17)16-11(14(20)21)7-13(18)19/h1-6,11H,7H2,(H,16,17)(H,18,19)(H,20,21)/b5-4+/t11-/m0/s1. The van der Waals surface area contributed by atoms with E-state index in [2.05, 4.69) is 5.32 Å². The first-order valence-electron chi connectivity index (χ1n) is 5.85. The Morgan fingerprint density at radius 2 is 2.05 bits per heavy atom. The van der Waals surface area contributed by atoms with Gasteiger partial charge in [-0.05, 0) is 23.8 Å². The largest absolute Gasteiger partial charge is 0.481 e. The highest BCUT2D eigenvalue weighted by atomic mass is 16.4. The molecule has 1 atom stereocenters. The molecular formula is C14H12N2O5. The van der Waals surface area contributed by atoms with E-state index >= 15 is 0 Å². The summed E-state index contributed by atoms with van der Waals surface area (Å²) in [5, 5.41) is 28.1. The molecule has 1 amide bonds. The van der Waals surface area contributed by atoms with Crippen LogP contribution in [0.25, 0.3) is 6.08 Å². The van der Waals surface area contributed by atoms with Gasteiger partial charge in [-0.3, -0.25) is 9.59 Å². The number of amides is 1. The van der Waals surface area contributed by atoms with Crippen molar-refractivity contribution in [3.05, 3.63) is 41.5 Å². The fraction of sp³-hybridized carbons (Fsp3) is 0.143. The van der Waals surface area contributed by atoms with Gasteiger partial charge < -0.3 is 15.5 Å². The molecule has 0 unspecified atom stereocenters. The monoisotopic (exact) mass is 288 g/mol. The van der Waals surface area contributed by atoms with Crippen molar-refractivity contribution in [2.75, 3.05) is 0 Å². The van der Waals surface area contributed by atoms with Gasteiger partial charge in [0.15, 0.2) is 0 Å². The number of carboxylic acids is 2. The van der Waals surface area contributed by atoms with Gasteiger partial charge in [0.2, 0.25) is 5.91 Å². The van der Waals surface area contributed by atoms with Crippen LogP contribution in [0.15, 0.2) is 30.3 Å². The van der Waals surface area contributed by atoms with Crippen molar-refractivity contribution in [1.82, 2.24) is 5.32 Å². The van der Waals surface area contributed by atoms with E-state index in [1.165, 1.54) is 6.08 Å². The molecule has 21 heavy (non-hydrogen) atoms. The van der Waals surface area contributed by atoms with E-state index in [0.717, 1.165) is 6.08 Å². The molecule has 0 aliphatic rings. The number of aliphatic carboxylic acids is 2. The first-order chi connectivity index (χ1) is 9.92. The number of carbonyl (C=O) groups is 3. The minimum absolute atomic E-state index is 0.423. The van der Waals surface area contributed by atoms with Crippen LogP contribution in [-0.2, 0) is 14.4 Å². The average molecular weight is 288 g/mol. The van der Waals surface area contributed by atoms with Gasteiger partial charge in [-0.1, -0.05) is 12.1 Å². The Balaban J connectivity index is 2.71. The number of hydrogen-bond acceptors (Lipinski definition) is 4. The molecule has 0 aromatic heterocycles. The maximum Gasteiger partial charge on any atom is 0.326 e. The number of carbonyl (C=O) groups excluding carboxylic acids is 1. The van der Waals surface area contributed by atoms with Crippen molar-refractivity contribution in [2.45, 2.75) is 12.5 Å². The third kappa shape index (κ3) is 5.57. The van der Waals surface area contributed by atoms with E-state index in [9.17, 15) is 14.4 Å². The Hall–Kier alpha value is -3.14. The number of hydrogen-bond donors (Lipinski definition) is 3. The molecule has 0 aliphatic heterocycles. The summed E-state index contributed by atoms with van der Waals surface area (Å²) in [6, 6.07) is 6.91. The molecule has 0 aliphatic carbocycles. The zero-order chi connectivity index (χ0) is 15.8. The highest BCUT2D eigenvalue weighted by Crippen LogP contribution is 2.06. The third-order valence-corrected chi connectivity index (χ3v) is 2.44. The Labute approximate surface area is 120 Å². The van der Waals surface area contributed by atoms with Crippen molar-refractivity contribution < 1.29 is 24.6 Å². The second-order valence-electron chi connectivity index (χ2n) is 4.07. The number of rotatable bonds is 6. The van der Waals surface area contributed by atoms with Crippen molar-refractivity contribution in [3.8, 4) is 6.07 Å². The van der Waals surface area contributed by atoms with Crippen molar-refractivity contribution >= 4 is 23.9 Å². The maximum absolute atomic E-state index is 11.5.